The van der Waals surface area contributed by atoms with Crippen LogP contribution in [0.2, 0.25) is 0 Å². The molecule has 0 radical (unpaired) electrons. The SMILES string of the molecule is CS(=O)(=O)N1CCc2cc(C(=O)N3CCOC(C(=O)O)C3)ccc21. The molecule has 130 valence electrons. The average molecular weight is 354 g/mol. The summed E-state index contributed by atoms with van der Waals surface area (Å²) >= 11 is 0. The zero-order valence-electron chi connectivity index (χ0n) is 13.1. The minimum absolute atomic E-state index is 0.000710. The monoisotopic (exact) mass is 354 g/mol. The minimum atomic E-state index is -3.33. The van der Waals surface area contributed by atoms with E-state index in [9.17, 15) is 18.0 Å². The van der Waals surface area contributed by atoms with Crippen LogP contribution in [0.4, 0.5) is 5.69 Å². The molecule has 8 nitrogen and oxygen atoms in total. The number of carbonyl (C=O) groups is 2. The zero-order valence-corrected chi connectivity index (χ0v) is 14.0. The number of ether oxygens (including phenoxy) is 1. The van der Waals surface area contributed by atoms with Crippen LogP contribution in [-0.2, 0) is 26.0 Å². The lowest BCUT2D eigenvalue weighted by Gasteiger charge is -2.31. The fourth-order valence-corrected chi connectivity index (χ4v) is 3.97. The number of rotatable bonds is 3. The van der Waals surface area contributed by atoms with Gasteiger partial charge in [-0.25, -0.2) is 13.2 Å². The van der Waals surface area contributed by atoms with Gasteiger partial charge in [-0.15, -0.1) is 0 Å². The van der Waals surface area contributed by atoms with E-state index in [4.69, 9.17) is 9.84 Å². The number of sulfonamides is 1. The molecule has 0 spiro atoms. The van der Waals surface area contributed by atoms with E-state index in [1.165, 1.54) is 9.21 Å². The fourth-order valence-electron chi connectivity index (χ4n) is 3.01. The van der Waals surface area contributed by atoms with E-state index in [-0.39, 0.29) is 19.1 Å². The molecule has 3 rings (SSSR count). The molecule has 1 saturated heterocycles. The number of nitrogens with zero attached hydrogens (tertiary/aromatic N) is 2. The third-order valence-corrected chi connectivity index (χ3v) is 5.39. The first-order valence-corrected chi connectivity index (χ1v) is 9.36. The van der Waals surface area contributed by atoms with Crippen molar-refractivity contribution < 1.29 is 27.9 Å². The van der Waals surface area contributed by atoms with Gasteiger partial charge in [0.25, 0.3) is 5.91 Å². The van der Waals surface area contributed by atoms with Crippen LogP contribution >= 0.6 is 0 Å². The Labute approximate surface area is 139 Å². The number of morpholine rings is 1. The van der Waals surface area contributed by atoms with E-state index < -0.39 is 22.1 Å². The molecule has 0 bridgehead atoms. The highest BCUT2D eigenvalue weighted by Gasteiger charge is 2.31. The van der Waals surface area contributed by atoms with Gasteiger partial charge in [0.1, 0.15) is 0 Å². The number of hydrogen-bond acceptors (Lipinski definition) is 5. The first kappa shape index (κ1) is 16.7. The van der Waals surface area contributed by atoms with Crippen LogP contribution in [0.5, 0.6) is 0 Å². The molecule has 24 heavy (non-hydrogen) atoms. The molecule has 9 heteroatoms. The maximum Gasteiger partial charge on any atom is 0.334 e. The van der Waals surface area contributed by atoms with Crippen molar-refractivity contribution in [3.63, 3.8) is 0 Å². The molecule has 1 amide bonds. The Hall–Kier alpha value is -2.13. The lowest BCUT2D eigenvalue weighted by atomic mass is 10.1. The van der Waals surface area contributed by atoms with Crippen molar-refractivity contribution in [1.29, 1.82) is 0 Å². The van der Waals surface area contributed by atoms with Crippen LogP contribution in [0.15, 0.2) is 18.2 Å². The van der Waals surface area contributed by atoms with Gasteiger partial charge in [0.05, 0.1) is 25.1 Å². The maximum atomic E-state index is 12.6. The van der Waals surface area contributed by atoms with Crippen LogP contribution < -0.4 is 4.31 Å². The first-order valence-electron chi connectivity index (χ1n) is 7.51. The average Bonchev–Trinajstić information content (AvgIpc) is 2.97. The molecule has 1 atom stereocenters. The molecular formula is C15H18N2O6S. The molecule has 1 fully saturated rings. The number of carboxylic acid groups (broad SMARTS) is 1. The highest BCUT2D eigenvalue weighted by molar-refractivity contribution is 7.92. The number of carbonyl (C=O) groups excluding carboxylic acids is 1. The Morgan fingerprint density at radius 3 is 2.71 bits per heavy atom. The third-order valence-electron chi connectivity index (χ3n) is 4.21. The van der Waals surface area contributed by atoms with Gasteiger partial charge < -0.3 is 14.7 Å². The lowest BCUT2D eigenvalue weighted by molar-refractivity contribution is -0.154. The van der Waals surface area contributed by atoms with Crippen molar-refractivity contribution in [3.8, 4) is 0 Å². The molecule has 0 aliphatic carbocycles. The summed E-state index contributed by atoms with van der Waals surface area (Å²) in [5, 5.41) is 9.02. The van der Waals surface area contributed by atoms with Crippen LogP contribution in [0.25, 0.3) is 0 Å². The fraction of sp³-hybridized carbons (Fsp3) is 0.467. The van der Waals surface area contributed by atoms with Crippen LogP contribution in [0.3, 0.4) is 0 Å². The Morgan fingerprint density at radius 2 is 2.04 bits per heavy atom. The largest absolute Gasteiger partial charge is 0.479 e. The quantitative estimate of drug-likeness (QED) is 0.815. The lowest BCUT2D eigenvalue weighted by Crippen LogP contribution is -2.48. The number of amides is 1. The summed E-state index contributed by atoms with van der Waals surface area (Å²) in [6, 6.07) is 4.90. The highest BCUT2D eigenvalue weighted by Crippen LogP contribution is 2.31. The number of aliphatic carboxylic acids is 1. The summed E-state index contributed by atoms with van der Waals surface area (Å²) in [5.74, 6) is -1.37. The van der Waals surface area contributed by atoms with Gasteiger partial charge in [-0.2, -0.15) is 0 Å². The summed E-state index contributed by atoms with van der Waals surface area (Å²) in [4.78, 5) is 25.1. The van der Waals surface area contributed by atoms with Gasteiger partial charge in [-0.3, -0.25) is 9.10 Å². The number of hydrogen-bond donors (Lipinski definition) is 1. The molecule has 2 aliphatic rings. The number of fused-ring (bicyclic) bond motifs is 1. The highest BCUT2D eigenvalue weighted by atomic mass is 32.2. The van der Waals surface area contributed by atoms with Crippen molar-refractivity contribution >= 4 is 27.6 Å². The second-order valence-electron chi connectivity index (χ2n) is 5.88. The number of anilines is 1. The van der Waals surface area contributed by atoms with E-state index >= 15 is 0 Å². The second-order valence-corrected chi connectivity index (χ2v) is 7.78. The molecule has 2 aliphatic heterocycles. The second kappa shape index (κ2) is 6.06. The molecule has 0 saturated carbocycles. The minimum Gasteiger partial charge on any atom is -0.479 e. The van der Waals surface area contributed by atoms with Crippen molar-refractivity contribution in [2.45, 2.75) is 12.5 Å². The Morgan fingerprint density at radius 1 is 1.29 bits per heavy atom. The van der Waals surface area contributed by atoms with Crippen molar-refractivity contribution in [2.24, 2.45) is 0 Å². The van der Waals surface area contributed by atoms with Gasteiger partial charge in [0.15, 0.2) is 6.10 Å². The van der Waals surface area contributed by atoms with Gasteiger partial charge in [-0.1, -0.05) is 0 Å². The molecule has 0 aromatic heterocycles. The smallest absolute Gasteiger partial charge is 0.334 e. The summed E-state index contributed by atoms with van der Waals surface area (Å²) in [6.45, 7) is 0.871. The van der Waals surface area contributed by atoms with Crippen LogP contribution in [0, 0.1) is 0 Å². The number of carboxylic acids is 1. The topological polar surface area (TPSA) is 104 Å². The molecular weight excluding hydrogens is 336 g/mol. The summed E-state index contributed by atoms with van der Waals surface area (Å²) in [6.07, 6.45) is 0.684. The molecule has 1 aromatic carbocycles. The maximum absolute atomic E-state index is 12.6. The predicted molar refractivity (Wildman–Crippen MR) is 85.6 cm³/mol. The van der Waals surface area contributed by atoms with E-state index in [1.54, 1.807) is 18.2 Å². The first-order chi connectivity index (χ1) is 11.3. The van der Waals surface area contributed by atoms with Gasteiger partial charge in [0.2, 0.25) is 10.0 Å². The summed E-state index contributed by atoms with van der Waals surface area (Å²) in [5.41, 5.74) is 1.82. The van der Waals surface area contributed by atoms with Crippen molar-refractivity contribution in [3.05, 3.63) is 29.3 Å². The summed E-state index contributed by atoms with van der Waals surface area (Å²) in [7, 11) is -3.33. The number of benzene rings is 1. The van der Waals surface area contributed by atoms with Crippen LogP contribution in [0.1, 0.15) is 15.9 Å². The van der Waals surface area contributed by atoms with E-state index in [0.29, 0.717) is 30.8 Å². The van der Waals surface area contributed by atoms with E-state index in [2.05, 4.69) is 0 Å². The Balaban J connectivity index is 1.81. The summed E-state index contributed by atoms with van der Waals surface area (Å²) < 4.78 is 29.9. The standard InChI is InChI=1S/C15H18N2O6S/c1-24(21,22)17-5-4-10-8-11(2-3-12(10)17)14(18)16-6-7-23-13(9-16)15(19)20/h2-3,8,13H,4-7,9H2,1H3,(H,19,20). The van der Waals surface area contributed by atoms with Crippen molar-refractivity contribution in [1.82, 2.24) is 4.90 Å². The van der Waals surface area contributed by atoms with E-state index in [0.717, 1.165) is 11.8 Å². The van der Waals surface area contributed by atoms with Crippen molar-refractivity contribution in [2.75, 3.05) is 36.8 Å². The zero-order chi connectivity index (χ0) is 17.5. The van der Waals surface area contributed by atoms with Gasteiger partial charge >= 0.3 is 5.97 Å². The van der Waals surface area contributed by atoms with E-state index in [1.807, 2.05) is 0 Å². The van der Waals surface area contributed by atoms with Crippen LogP contribution in [-0.4, -0.2) is 68.9 Å². The predicted octanol–water partition coefficient (Wildman–Crippen LogP) is -0.0657. The molecule has 2 heterocycles. The Kier molecular flexibility index (Phi) is 4.22. The molecule has 1 unspecified atom stereocenters. The molecule has 1 aromatic rings. The van der Waals surface area contributed by atoms with Gasteiger partial charge in [-0.05, 0) is 30.2 Å². The van der Waals surface area contributed by atoms with Gasteiger partial charge in [0, 0.05) is 18.7 Å². The molecule has 1 N–H and O–H groups in total. The third kappa shape index (κ3) is 3.09. The normalized spacial score (nSPS) is 20.8. The Bertz CT molecular complexity index is 791.